The lowest BCUT2D eigenvalue weighted by Gasteiger charge is -2.42. The highest BCUT2D eigenvalue weighted by Gasteiger charge is 2.35. The molecular formula is C30H54N6O9. The van der Waals surface area contributed by atoms with Crippen LogP contribution in [0, 0.1) is 0 Å². The molecule has 0 aromatic carbocycles. The molecule has 0 unspecified atom stereocenters. The Morgan fingerprint density at radius 3 is 1.60 bits per heavy atom. The fraction of sp³-hybridized carbons (Fsp3) is 0.867. The zero-order valence-corrected chi connectivity index (χ0v) is 28.0. The molecule has 4 heterocycles. The highest BCUT2D eigenvalue weighted by Crippen LogP contribution is 2.17. The van der Waals surface area contributed by atoms with Crippen LogP contribution in [0.25, 0.3) is 0 Å². The summed E-state index contributed by atoms with van der Waals surface area (Å²) in [6.07, 6.45) is -1.12. The van der Waals surface area contributed by atoms with Crippen LogP contribution < -0.4 is 10.6 Å². The van der Waals surface area contributed by atoms with Crippen molar-refractivity contribution in [3.05, 3.63) is 0 Å². The number of carbonyl (C=O) groups is 4. The molecule has 0 aromatic rings. The average Bonchev–Trinajstić information content (AvgIpc) is 2.96. The molecular weight excluding hydrogens is 588 g/mol. The Morgan fingerprint density at radius 2 is 1.20 bits per heavy atom. The minimum absolute atomic E-state index is 0.0271. The largest absolute Gasteiger partial charge is 0.473 e. The maximum absolute atomic E-state index is 12.4. The topological polar surface area (TPSA) is 162 Å². The summed E-state index contributed by atoms with van der Waals surface area (Å²) in [5.41, 5.74) is -0.449. The second-order valence-electron chi connectivity index (χ2n) is 13.5. The summed E-state index contributed by atoms with van der Waals surface area (Å²) in [7, 11) is 0. The summed E-state index contributed by atoms with van der Waals surface area (Å²) in [5, 5.41) is 15.4. The van der Waals surface area contributed by atoms with Crippen LogP contribution in [0.5, 0.6) is 0 Å². The zero-order valence-electron chi connectivity index (χ0n) is 28.0. The van der Waals surface area contributed by atoms with Crippen molar-refractivity contribution in [1.29, 1.82) is 0 Å². The number of carboxylic acids is 1. The monoisotopic (exact) mass is 642 g/mol. The smallest absolute Gasteiger partial charge is 0.426 e. The molecule has 3 N–H and O–H groups in total. The molecule has 15 nitrogen and oxygen atoms in total. The van der Waals surface area contributed by atoms with Gasteiger partial charge in [0.05, 0.1) is 26.4 Å². The molecule has 2 amide bonds. The first kappa shape index (κ1) is 36.9. The number of hydrogen-bond donors (Lipinski definition) is 3. The summed E-state index contributed by atoms with van der Waals surface area (Å²) >= 11 is 0. The van der Waals surface area contributed by atoms with Gasteiger partial charge in [0, 0.05) is 88.6 Å². The third-order valence-corrected chi connectivity index (χ3v) is 8.44. The first-order chi connectivity index (χ1) is 21.1. The average molecular weight is 643 g/mol. The lowest BCUT2D eigenvalue weighted by atomic mass is 10.1. The van der Waals surface area contributed by atoms with Crippen LogP contribution in [0.1, 0.15) is 48.5 Å². The van der Waals surface area contributed by atoms with Gasteiger partial charge in [0.25, 0.3) is 0 Å². The normalized spacial score (nSPS) is 30.1. The third-order valence-electron chi connectivity index (χ3n) is 8.44. The van der Waals surface area contributed by atoms with Gasteiger partial charge in [-0.05, 0) is 48.5 Å². The second kappa shape index (κ2) is 16.8. The van der Waals surface area contributed by atoms with Gasteiger partial charge in [0.2, 0.25) is 0 Å². The van der Waals surface area contributed by atoms with E-state index in [-0.39, 0.29) is 30.3 Å². The summed E-state index contributed by atoms with van der Waals surface area (Å²) in [6.45, 7) is 22.7. The van der Waals surface area contributed by atoms with Crippen LogP contribution >= 0.6 is 0 Å². The summed E-state index contributed by atoms with van der Waals surface area (Å²) < 4.78 is 20.8. The SMILES string of the molecule is C[C@@H]1COCCN1C[C@H]1CN(C(=O)OC(=O)C(=O)O)[C@@H](C)CN1.C[C@@H]1COCCN1C[C@H]1CN(C(=O)OC(C)(C)C)[C@@H](C)CN1. The molecule has 0 aromatic heterocycles. The van der Waals surface area contributed by atoms with E-state index in [4.69, 9.17) is 19.3 Å². The van der Waals surface area contributed by atoms with Crippen LogP contribution in [0.15, 0.2) is 0 Å². The molecule has 4 aliphatic rings. The number of aliphatic carboxylic acids is 1. The van der Waals surface area contributed by atoms with Crippen molar-refractivity contribution in [2.24, 2.45) is 0 Å². The van der Waals surface area contributed by atoms with Gasteiger partial charge in [-0.3, -0.25) is 9.80 Å². The first-order valence-electron chi connectivity index (χ1n) is 16.0. The van der Waals surface area contributed by atoms with Crippen molar-refractivity contribution in [2.75, 3.05) is 78.8 Å². The Morgan fingerprint density at radius 1 is 0.756 bits per heavy atom. The molecule has 0 spiro atoms. The molecule has 0 saturated carbocycles. The Labute approximate surface area is 266 Å². The number of rotatable bonds is 4. The molecule has 4 fully saturated rings. The van der Waals surface area contributed by atoms with Gasteiger partial charge in [-0.2, -0.15) is 0 Å². The van der Waals surface area contributed by atoms with Crippen LogP contribution in [0.2, 0.25) is 0 Å². The fourth-order valence-electron chi connectivity index (χ4n) is 5.75. The van der Waals surface area contributed by atoms with E-state index < -0.39 is 23.6 Å². The predicted octanol–water partition coefficient (Wildman–Crippen LogP) is 0.422. The van der Waals surface area contributed by atoms with E-state index >= 15 is 0 Å². The lowest BCUT2D eigenvalue weighted by molar-refractivity contribution is -0.160. The Balaban J connectivity index is 0.000000246. The summed E-state index contributed by atoms with van der Waals surface area (Å²) in [5.74, 6) is -3.33. The van der Waals surface area contributed by atoms with Crippen LogP contribution in [0.4, 0.5) is 9.59 Å². The molecule has 45 heavy (non-hydrogen) atoms. The van der Waals surface area contributed by atoms with Gasteiger partial charge in [0.1, 0.15) is 5.60 Å². The molecule has 6 atom stereocenters. The number of esters is 1. The molecule has 4 rings (SSSR count). The number of piperazine rings is 2. The molecule has 4 saturated heterocycles. The molecule has 15 heteroatoms. The van der Waals surface area contributed by atoms with E-state index in [9.17, 15) is 19.2 Å². The van der Waals surface area contributed by atoms with E-state index in [0.29, 0.717) is 44.9 Å². The van der Waals surface area contributed by atoms with E-state index in [1.807, 2.05) is 32.6 Å². The van der Waals surface area contributed by atoms with Crippen molar-refractivity contribution < 1.29 is 43.2 Å². The van der Waals surface area contributed by atoms with E-state index in [0.717, 1.165) is 45.9 Å². The molecule has 4 aliphatic heterocycles. The van der Waals surface area contributed by atoms with Crippen LogP contribution in [-0.4, -0.2) is 169 Å². The van der Waals surface area contributed by atoms with Crippen molar-refractivity contribution in [1.82, 2.24) is 30.2 Å². The highest BCUT2D eigenvalue weighted by atomic mass is 16.6. The van der Waals surface area contributed by atoms with Gasteiger partial charge in [-0.25, -0.2) is 19.2 Å². The fourth-order valence-corrected chi connectivity index (χ4v) is 5.75. The Bertz CT molecular complexity index is 1010. The number of nitrogens with zero attached hydrogens (tertiary/aromatic N) is 4. The minimum Gasteiger partial charge on any atom is -0.473 e. The number of hydrogen-bond acceptors (Lipinski definition) is 12. The van der Waals surface area contributed by atoms with Crippen molar-refractivity contribution >= 4 is 24.1 Å². The van der Waals surface area contributed by atoms with Crippen molar-refractivity contribution in [2.45, 2.75) is 90.3 Å². The van der Waals surface area contributed by atoms with Crippen molar-refractivity contribution in [3.8, 4) is 0 Å². The Kier molecular flexibility index (Phi) is 13.8. The Hall–Kier alpha value is -2.56. The standard InChI is InChI=1S/C16H31N3O3.C14H23N3O6/c1-12-8-17-14(9-18-6-7-21-11-13(18)2)10-19(12)15(20)22-16(3,4)5;1-9-5-15-11(6-16-3-4-22-8-10(16)2)7-17(9)14(21)23-13(20)12(18)19/h12-14,17H,6-11H2,1-5H3;9-11,15H,3-8H2,1-2H3,(H,18,19)/t12-,13+,14-;9-,10+,11-/m00/s1. The number of carbonyl (C=O) groups excluding carboxylic acids is 3. The minimum atomic E-state index is -1.78. The lowest BCUT2D eigenvalue weighted by Crippen LogP contribution is -2.61. The van der Waals surface area contributed by atoms with Gasteiger partial charge in [0.15, 0.2) is 0 Å². The van der Waals surface area contributed by atoms with Gasteiger partial charge in [-0.15, -0.1) is 0 Å². The molecule has 0 radical (unpaired) electrons. The number of ether oxygens (including phenoxy) is 4. The zero-order chi connectivity index (χ0) is 33.3. The number of morpholine rings is 2. The van der Waals surface area contributed by atoms with Gasteiger partial charge >= 0.3 is 24.1 Å². The number of carboxylic acid groups (broad SMARTS) is 1. The maximum Gasteiger partial charge on any atom is 0.426 e. The summed E-state index contributed by atoms with van der Waals surface area (Å²) in [4.78, 5) is 53.8. The molecule has 0 aliphatic carbocycles. The first-order valence-corrected chi connectivity index (χ1v) is 16.0. The second-order valence-corrected chi connectivity index (χ2v) is 13.5. The number of amides is 2. The van der Waals surface area contributed by atoms with Crippen LogP contribution in [-0.2, 0) is 28.5 Å². The van der Waals surface area contributed by atoms with E-state index in [2.05, 4.69) is 45.9 Å². The van der Waals surface area contributed by atoms with E-state index in [1.54, 1.807) is 0 Å². The molecule has 258 valence electrons. The quantitative estimate of drug-likeness (QED) is 0.220. The van der Waals surface area contributed by atoms with E-state index in [1.165, 1.54) is 4.90 Å². The van der Waals surface area contributed by atoms with Gasteiger partial charge in [-0.1, -0.05) is 0 Å². The third kappa shape index (κ3) is 11.6. The van der Waals surface area contributed by atoms with Gasteiger partial charge < -0.3 is 44.5 Å². The summed E-state index contributed by atoms with van der Waals surface area (Å²) in [6, 6.07) is 1.03. The number of nitrogens with one attached hydrogen (secondary N) is 2. The maximum atomic E-state index is 12.4. The highest BCUT2D eigenvalue weighted by molar-refractivity contribution is 6.30. The predicted molar refractivity (Wildman–Crippen MR) is 165 cm³/mol. The van der Waals surface area contributed by atoms with Crippen LogP contribution in [0.3, 0.4) is 0 Å². The van der Waals surface area contributed by atoms with Crippen molar-refractivity contribution in [3.63, 3.8) is 0 Å². The molecule has 0 bridgehead atoms.